The number of aryl methyl sites for hydroxylation is 1. The van der Waals surface area contributed by atoms with Crippen molar-refractivity contribution in [2.24, 2.45) is 0 Å². The smallest absolute Gasteiger partial charge is 0.143 e. The summed E-state index contributed by atoms with van der Waals surface area (Å²) in [7, 11) is 0. The van der Waals surface area contributed by atoms with E-state index in [4.69, 9.17) is 4.74 Å². The summed E-state index contributed by atoms with van der Waals surface area (Å²) in [6, 6.07) is 0. The topological polar surface area (TPSA) is 83.1 Å². The Bertz CT molecular complexity index is 575. The number of ether oxygens (including phenoxy) is 1. The van der Waals surface area contributed by atoms with Crippen molar-refractivity contribution in [3.63, 3.8) is 0 Å². The minimum atomic E-state index is -0.709. The van der Waals surface area contributed by atoms with E-state index in [0.717, 1.165) is 22.4 Å². The standard InChI is InChI=1S/C13H18N4O2/c1-9-6-14-11-10(9)12(17-8-16-11)15-7-13(18)2-4-19-5-3-13/h6,8,18H,2-5,7H2,1H3,(H2,14,15,16,17). The fraction of sp³-hybridized carbons (Fsp3) is 0.538. The number of hydrogen-bond donors (Lipinski definition) is 3. The molecule has 6 nitrogen and oxygen atoms in total. The Morgan fingerprint density at radius 1 is 1.42 bits per heavy atom. The highest BCUT2D eigenvalue weighted by molar-refractivity contribution is 5.90. The Balaban J connectivity index is 1.80. The summed E-state index contributed by atoms with van der Waals surface area (Å²) in [4.78, 5) is 11.6. The Hall–Kier alpha value is -1.66. The van der Waals surface area contributed by atoms with Crippen LogP contribution in [0.2, 0.25) is 0 Å². The van der Waals surface area contributed by atoms with Gasteiger partial charge in [0.15, 0.2) is 0 Å². The van der Waals surface area contributed by atoms with Crippen LogP contribution in [0.3, 0.4) is 0 Å². The first kappa shape index (κ1) is 12.4. The Morgan fingerprint density at radius 2 is 2.21 bits per heavy atom. The molecule has 0 spiro atoms. The molecule has 2 aromatic heterocycles. The third kappa shape index (κ3) is 2.41. The summed E-state index contributed by atoms with van der Waals surface area (Å²) in [5, 5.41) is 14.7. The van der Waals surface area contributed by atoms with E-state index in [0.29, 0.717) is 32.6 Å². The molecule has 2 aromatic rings. The molecule has 0 aromatic carbocycles. The molecule has 19 heavy (non-hydrogen) atoms. The average Bonchev–Trinajstić information content (AvgIpc) is 2.80. The van der Waals surface area contributed by atoms with Crippen LogP contribution in [0.1, 0.15) is 18.4 Å². The van der Waals surface area contributed by atoms with E-state index < -0.39 is 5.60 Å². The fourth-order valence-electron chi connectivity index (χ4n) is 2.43. The highest BCUT2D eigenvalue weighted by Gasteiger charge is 2.29. The number of rotatable bonds is 3. The predicted octanol–water partition coefficient (Wildman–Crippen LogP) is 1.22. The number of fused-ring (bicyclic) bond motifs is 1. The normalized spacial score (nSPS) is 18.6. The summed E-state index contributed by atoms with van der Waals surface area (Å²) in [5.41, 5.74) is 1.20. The molecule has 1 saturated heterocycles. The molecule has 0 saturated carbocycles. The molecule has 1 fully saturated rings. The quantitative estimate of drug-likeness (QED) is 0.774. The van der Waals surface area contributed by atoms with Crippen molar-refractivity contribution < 1.29 is 9.84 Å². The van der Waals surface area contributed by atoms with Gasteiger partial charge in [0.05, 0.1) is 11.0 Å². The molecule has 1 aliphatic rings. The third-order valence-electron chi connectivity index (χ3n) is 3.68. The summed E-state index contributed by atoms with van der Waals surface area (Å²) in [5.74, 6) is 0.767. The molecule has 3 rings (SSSR count). The molecule has 6 heteroatoms. The van der Waals surface area contributed by atoms with Gasteiger partial charge in [-0.1, -0.05) is 0 Å². The molecule has 0 unspecified atom stereocenters. The molecule has 0 bridgehead atoms. The van der Waals surface area contributed by atoms with Gasteiger partial charge < -0.3 is 20.1 Å². The lowest BCUT2D eigenvalue weighted by Gasteiger charge is -2.32. The first-order valence-corrected chi connectivity index (χ1v) is 6.51. The van der Waals surface area contributed by atoms with Gasteiger partial charge in [0.25, 0.3) is 0 Å². The Kier molecular flexibility index (Phi) is 3.12. The maximum atomic E-state index is 10.4. The Morgan fingerprint density at radius 3 is 3.00 bits per heavy atom. The van der Waals surface area contributed by atoms with E-state index >= 15 is 0 Å². The van der Waals surface area contributed by atoms with Crippen LogP contribution < -0.4 is 5.32 Å². The molecule has 0 aliphatic carbocycles. The molecule has 0 atom stereocenters. The third-order valence-corrected chi connectivity index (χ3v) is 3.68. The van der Waals surface area contributed by atoms with Gasteiger partial charge in [0.2, 0.25) is 0 Å². The fourth-order valence-corrected chi connectivity index (χ4v) is 2.43. The monoisotopic (exact) mass is 262 g/mol. The first-order valence-electron chi connectivity index (χ1n) is 6.51. The SMILES string of the molecule is Cc1c[nH]c2ncnc(NCC3(O)CCOCC3)c12. The molecule has 0 amide bonds. The maximum Gasteiger partial charge on any atom is 0.143 e. The number of aliphatic hydroxyl groups is 1. The van der Waals surface area contributed by atoms with E-state index in [1.165, 1.54) is 6.33 Å². The minimum absolute atomic E-state index is 0.479. The van der Waals surface area contributed by atoms with Gasteiger partial charge in [0.1, 0.15) is 17.8 Å². The van der Waals surface area contributed by atoms with Gasteiger partial charge in [-0.3, -0.25) is 0 Å². The van der Waals surface area contributed by atoms with E-state index in [-0.39, 0.29) is 0 Å². The molecule has 1 aliphatic heterocycles. The van der Waals surface area contributed by atoms with Crippen molar-refractivity contribution in [3.05, 3.63) is 18.1 Å². The summed E-state index contributed by atoms with van der Waals surface area (Å²) >= 11 is 0. The van der Waals surface area contributed by atoms with E-state index in [1.807, 2.05) is 13.1 Å². The number of aromatic amines is 1. The van der Waals surface area contributed by atoms with E-state index in [9.17, 15) is 5.11 Å². The zero-order valence-electron chi connectivity index (χ0n) is 10.9. The van der Waals surface area contributed by atoms with Gasteiger partial charge >= 0.3 is 0 Å². The Labute approximate surface area is 111 Å². The van der Waals surface area contributed by atoms with Crippen LogP contribution >= 0.6 is 0 Å². The number of aromatic nitrogens is 3. The second kappa shape index (κ2) is 4.79. The van der Waals surface area contributed by atoms with Crippen molar-refractivity contribution in [1.82, 2.24) is 15.0 Å². The minimum Gasteiger partial charge on any atom is -0.388 e. The second-order valence-corrected chi connectivity index (χ2v) is 5.11. The molecular weight excluding hydrogens is 244 g/mol. The van der Waals surface area contributed by atoms with E-state index in [1.54, 1.807) is 0 Å². The van der Waals surface area contributed by atoms with Crippen LogP contribution in [0.5, 0.6) is 0 Å². The van der Waals surface area contributed by atoms with Crippen LogP contribution in [0, 0.1) is 6.92 Å². The lowest BCUT2D eigenvalue weighted by Crippen LogP contribution is -2.42. The molecule has 3 heterocycles. The van der Waals surface area contributed by atoms with Gasteiger partial charge in [-0.15, -0.1) is 0 Å². The molecule has 3 N–H and O–H groups in total. The first-order chi connectivity index (χ1) is 9.18. The van der Waals surface area contributed by atoms with Gasteiger partial charge in [-0.25, -0.2) is 9.97 Å². The number of nitrogens with one attached hydrogen (secondary N) is 2. The van der Waals surface area contributed by atoms with Crippen molar-refractivity contribution in [2.45, 2.75) is 25.4 Å². The molecule has 102 valence electrons. The zero-order chi connectivity index (χ0) is 13.3. The second-order valence-electron chi connectivity index (χ2n) is 5.11. The molecular formula is C13H18N4O2. The number of H-pyrrole nitrogens is 1. The van der Waals surface area contributed by atoms with Gasteiger partial charge in [-0.2, -0.15) is 0 Å². The van der Waals surface area contributed by atoms with Crippen LogP contribution in [0.15, 0.2) is 12.5 Å². The number of anilines is 1. The largest absolute Gasteiger partial charge is 0.388 e. The summed E-state index contributed by atoms with van der Waals surface area (Å²) in [6.45, 7) is 3.71. The maximum absolute atomic E-state index is 10.4. The highest BCUT2D eigenvalue weighted by atomic mass is 16.5. The van der Waals surface area contributed by atoms with Crippen LogP contribution in [0.25, 0.3) is 11.0 Å². The predicted molar refractivity (Wildman–Crippen MR) is 72.1 cm³/mol. The van der Waals surface area contributed by atoms with Gasteiger partial charge in [-0.05, 0) is 12.5 Å². The summed E-state index contributed by atoms with van der Waals surface area (Å²) in [6.07, 6.45) is 4.74. The highest BCUT2D eigenvalue weighted by Crippen LogP contribution is 2.25. The average molecular weight is 262 g/mol. The van der Waals surface area contributed by atoms with Gasteiger partial charge in [0, 0.05) is 38.8 Å². The van der Waals surface area contributed by atoms with Crippen LogP contribution in [0.4, 0.5) is 5.82 Å². The van der Waals surface area contributed by atoms with Crippen molar-refractivity contribution >= 4 is 16.9 Å². The lowest BCUT2D eigenvalue weighted by molar-refractivity contribution is -0.0543. The van der Waals surface area contributed by atoms with E-state index in [2.05, 4.69) is 20.3 Å². The zero-order valence-corrected chi connectivity index (χ0v) is 10.9. The van der Waals surface area contributed by atoms with Crippen molar-refractivity contribution in [1.29, 1.82) is 0 Å². The van der Waals surface area contributed by atoms with Crippen molar-refractivity contribution in [3.8, 4) is 0 Å². The van der Waals surface area contributed by atoms with Crippen LogP contribution in [-0.4, -0.2) is 45.4 Å². The number of hydrogen-bond acceptors (Lipinski definition) is 5. The lowest BCUT2D eigenvalue weighted by atomic mass is 9.94. The van der Waals surface area contributed by atoms with Crippen LogP contribution in [-0.2, 0) is 4.74 Å². The number of nitrogens with zero attached hydrogens (tertiary/aromatic N) is 2. The van der Waals surface area contributed by atoms with Crippen molar-refractivity contribution in [2.75, 3.05) is 25.1 Å². The summed E-state index contributed by atoms with van der Waals surface area (Å²) < 4.78 is 5.28. The molecule has 0 radical (unpaired) electrons.